The molecule has 1 aliphatic heterocycles. The molecule has 3 aromatic rings. The standard InChI is InChI=1S/C27H33FN4O3.C2H6/c1-20(33)29-24(22-6-4-3-5-7-22)12-15-32-16-13-27(14-17-32,19-34-2)26-30-25(31-35-26)18-21-8-10-23(28)11-9-21;1-2/h3-11,24H,12-19H2,1-2H3,(H,29,33);1-2H3. The second-order valence-corrected chi connectivity index (χ2v) is 9.33. The zero-order valence-electron chi connectivity index (χ0n) is 22.4. The summed E-state index contributed by atoms with van der Waals surface area (Å²) < 4.78 is 24.5. The van der Waals surface area contributed by atoms with Crippen molar-refractivity contribution in [3.63, 3.8) is 0 Å². The van der Waals surface area contributed by atoms with Crippen LogP contribution in [-0.4, -0.2) is 54.3 Å². The predicted molar refractivity (Wildman–Crippen MR) is 142 cm³/mol. The number of aromatic nitrogens is 2. The molecule has 1 unspecified atom stereocenters. The highest BCUT2D eigenvalue weighted by atomic mass is 19.1. The van der Waals surface area contributed by atoms with Gasteiger partial charge in [0.15, 0.2) is 5.82 Å². The monoisotopic (exact) mass is 510 g/mol. The lowest BCUT2D eigenvalue weighted by atomic mass is 9.78. The average Bonchev–Trinajstić information content (AvgIpc) is 3.39. The molecule has 1 aromatic heterocycles. The van der Waals surface area contributed by atoms with Crippen LogP contribution in [0.5, 0.6) is 0 Å². The number of piperidine rings is 1. The molecule has 1 fully saturated rings. The molecule has 0 spiro atoms. The molecule has 0 bridgehead atoms. The molecule has 4 rings (SSSR count). The maximum absolute atomic E-state index is 13.2. The molecule has 37 heavy (non-hydrogen) atoms. The Balaban J connectivity index is 0.00000186. The molecular weight excluding hydrogens is 471 g/mol. The summed E-state index contributed by atoms with van der Waals surface area (Å²) >= 11 is 0. The smallest absolute Gasteiger partial charge is 0.235 e. The Morgan fingerprint density at radius 2 is 1.81 bits per heavy atom. The molecule has 2 heterocycles. The number of hydrogen-bond donors (Lipinski definition) is 1. The fourth-order valence-corrected chi connectivity index (χ4v) is 4.79. The minimum Gasteiger partial charge on any atom is -0.384 e. The normalized spacial score (nSPS) is 15.9. The van der Waals surface area contributed by atoms with Crippen molar-refractivity contribution in [1.29, 1.82) is 0 Å². The van der Waals surface area contributed by atoms with E-state index in [1.165, 1.54) is 12.1 Å². The number of hydrogen-bond acceptors (Lipinski definition) is 6. The van der Waals surface area contributed by atoms with Crippen molar-refractivity contribution in [2.24, 2.45) is 0 Å². The van der Waals surface area contributed by atoms with Crippen LogP contribution in [0.1, 0.15) is 68.9 Å². The van der Waals surface area contributed by atoms with E-state index in [-0.39, 0.29) is 23.2 Å². The largest absolute Gasteiger partial charge is 0.384 e. The number of halogens is 1. The van der Waals surface area contributed by atoms with Gasteiger partial charge in [0.25, 0.3) is 0 Å². The molecule has 0 saturated carbocycles. The molecule has 1 saturated heterocycles. The van der Waals surface area contributed by atoms with Gasteiger partial charge in [0.1, 0.15) is 5.82 Å². The first-order chi connectivity index (χ1) is 18.0. The van der Waals surface area contributed by atoms with Crippen molar-refractivity contribution in [1.82, 2.24) is 20.4 Å². The molecule has 1 amide bonds. The van der Waals surface area contributed by atoms with Gasteiger partial charge in [0.05, 0.1) is 18.1 Å². The zero-order chi connectivity index (χ0) is 26.7. The van der Waals surface area contributed by atoms with Gasteiger partial charge in [0.2, 0.25) is 11.8 Å². The molecule has 1 N–H and O–H groups in total. The number of rotatable bonds is 10. The molecule has 200 valence electrons. The summed E-state index contributed by atoms with van der Waals surface area (Å²) in [5.41, 5.74) is 1.73. The highest BCUT2D eigenvalue weighted by Crippen LogP contribution is 2.35. The summed E-state index contributed by atoms with van der Waals surface area (Å²) in [6.07, 6.45) is 3.01. The summed E-state index contributed by atoms with van der Waals surface area (Å²) in [5, 5.41) is 7.27. The molecule has 8 heteroatoms. The third kappa shape index (κ3) is 7.94. The fourth-order valence-electron chi connectivity index (χ4n) is 4.79. The van der Waals surface area contributed by atoms with E-state index in [4.69, 9.17) is 14.2 Å². The highest BCUT2D eigenvalue weighted by molar-refractivity contribution is 5.73. The Labute approximate surface area is 219 Å². The molecular formula is C29H39FN4O3. The van der Waals surface area contributed by atoms with Crippen LogP contribution in [0.15, 0.2) is 59.1 Å². The van der Waals surface area contributed by atoms with Crippen molar-refractivity contribution < 1.29 is 18.4 Å². The van der Waals surface area contributed by atoms with E-state index in [0.29, 0.717) is 24.7 Å². The summed E-state index contributed by atoms with van der Waals surface area (Å²) in [5.74, 6) is 0.909. The van der Waals surface area contributed by atoms with Crippen LogP contribution in [0.2, 0.25) is 0 Å². The second-order valence-electron chi connectivity index (χ2n) is 9.33. The van der Waals surface area contributed by atoms with Crippen molar-refractivity contribution in [2.75, 3.05) is 33.4 Å². The van der Waals surface area contributed by atoms with E-state index in [2.05, 4.69) is 27.5 Å². The molecule has 1 atom stereocenters. The number of benzene rings is 2. The van der Waals surface area contributed by atoms with Gasteiger partial charge in [-0.3, -0.25) is 4.79 Å². The van der Waals surface area contributed by atoms with Gasteiger partial charge < -0.3 is 19.5 Å². The van der Waals surface area contributed by atoms with Crippen molar-refractivity contribution in [2.45, 2.75) is 57.9 Å². The Bertz CT molecular complexity index is 1080. The van der Waals surface area contributed by atoms with Crippen LogP contribution in [0.4, 0.5) is 4.39 Å². The topological polar surface area (TPSA) is 80.5 Å². The van der Waals surface area contributed by atoms with E-state index >= 15 is 0 Å². The van der Waals surface area contributed by atoms with Crippen molar-refractivity contribution in [3.05, 3.63) is 83.3 Å². The van der Waals surface area contributed by atoms with E-state index in [1.807, 2.05) is 32.0 Å². The van der Waals surface area contributed by atoms with Gasteiger partial charge in [-0.1, -0.05) is 61.5 Å². The number of methoxy groups -OCH3 is 1. The number of carbonyl (C=O) groups is 1. The maximum atomic E-state index is 13.2. The lowest BCUT2D eigenvalue weighted by Gasteiger charge is -2.39. The van der Waals surface area contributed by atoms with Crippen LogP contribution < -0.4 is 5.32 Å². The highest BCUT2D eigenvalue weighted by Gasteiger charge is 2.41. The number of amides is 1. The van der Waals surface area contributed by atoms with Gasteiger partial charge in [-0.25, -0.2) is 4.39 Å². The lowest BCUT2D eigenvalue weighted by Crippen LogP contribution is -2.46. The molecule has 7 nitrogen and oxygen atoms in total. The number of ether oxygens (including phenoxy) is 1. The first-order valence-corrected chi connectivity index (χ1v) is 13.1. The Hall–Kier alpha value is -3.10. The quantitative estimate of drug-likeness (QED) is 0.410. The zero-order valence-corrected chi connectivity index (χ0v) is 22.4. The Morgan fingerprint density at radius 1 is 1.14 bits per heavy atom. The summed E-state index contributed by atoms with van der Waals surface area (Å²) in [7, 11) is 1.70. The fraction of sp³-hybridized carbons (Fsp3) is 0.483. The van der Waals surface area contributed by atoms with Gasteiger partial charge in [-0.2, -0.15) is 4.98 Å². The number of likely N-dealkylation sites (tertiary alicyclic amines) is 1. The number of nitrogens with zero attached hydrogens (tertiary/aromatic N) is 3. The van der Waals surface area contributed by atoms with Crippen molar-refractivity contribution >= 4 is 5.91 Å². The van der Waals surface area contributed by atoms with Gasteiger partial charge >= 0.3 is 0 Å². The van der Waals surface area contributed by atoms with Gasteiger partial charge in [-0.05, 0) is 55.6 Å². The van der Waals surface area contributed by atoms with Crippen LogP contribution in [-0.2, 0) is 21.4 Å². The average molecular weight is 511 g/mol. The molecule has 2 aromatic carbocycles. The summed E-state index contributed by atoms with van der Waals surface area (Å²) in [4.78, 5) is 18.9. The third-order valence-corrected chi connectivity index (χ3v) is 6.74. The Morgan fingerprint density at radius 3 is 2.43 bits per heavy atom. The first kappa shape index (κ1) is 28.5. The minimum atomic E-state index is -0.324. The van der Waals surface area contributed by atoms with Crippen LogP contribution in [0, 0.1) is 5.82 Å². The van der Waals surface area contributed by atoms with Gasteiger partial charge in [-0.15, -0.1) is 0 Å². The number of carbonyl (C=O) groups excluding carboxylic acids is 1. The summed E-state index contributed by atoms with van der Waals surface area (Å²) in [6, 6.07) is 16.4. The predicted octanol–water partition coefficient (Wildman–Crippen LogP) is 5.07. The molecule has 0 radical (unpaired) electrons. The summed E-state index contributed by atoms with van der Waals surface area (Å²) in [6.45, 7) is 8.70. The van der Waals surface area contributed by atoms with Crippen molar-refractivity contribution in [3.8, 4) is 0 Å². The van der Waals surface area contributed by atoms with E-state index in [1.54, 1.807) is 26.2 Å². The first-order valence-electron chi connectivity index (χ1n) is 13.1. The minimum absolute atomic E-state index is 0.00989. The number of nitrogens with one attached hydrogen (secondary N) is 1. The van der Waals surface area contributed by atoms with E-state index in [9.17, 15) is 9.18 Å². The third-order valence-electron chi connectivity index (χ3n) is 6.74. The van der Waals surface area contributed by atoms with Crippen LogP contribution >= 0.6 is 0 Å². The van der Waals surface area contributed by atoms with Gasteiger partial charge in [0, 0.05) is 27.0 Å². The second kappa shape index (κ2) is 14.0. The maximum Gasteiger partial charge on any atom is 0.235 e. The SMILES string of the molecule is CC.COCC1(c2nc(Cc3ccc(F)cc3)no2)CCN(CCC(NC(C)=O)c2ccccc2)CC1. The van der Waals surface area contributed by atoms with E-state index < -0.39 is 0 Å². The van der Waals surface area contributed by atoms with Crippen LogP contribution in [0.3, 0.4) is 0 Å². The van der Waals surface area contributed by atoms with Crippen LogP contribution in [0.25, 0.3) is 0 Å². The Kier molecular flexibility index (Phi) is 10.8. The lowest BCUT2D eigenvalue weighted by molar-refractivity contribution is -0.119. The molecule has 1 aliphatic rings. The van der Waals surface area contributed by atoms with E-state index in [0.717, 1.165) is 50.0 Å². The molecule has 0 aliphatic carbocycles.